The van der Waals surface area contributed by atoms with E-state index < -0.39 is 6.04 Å². The van der Waals surface area contributed by atoms with Crippen LogP contribution in [0.5, 0.6) is 0 Å². The Labute approximate surface area is 217 Å². The Morgan fingerprint density at radius 2 is 1.63 bits per heavy atom. The molecular formula is C29H32Cl2N2O2. The van der Waals surface area contributed by atoms with E-state index >= 15 is 0 Å². The van der Waals surface area contributed by atoms with Gasteiger partial charge in [-0.15, -0.1) is 0 Å². The number of amides is 2. The van der Waals surface area contributed by atoms with Crippen LogP contribution in [0.3, 0.4) is 0 Å². The number of aryl methyl sites for hydroxylation is 1. The van der Waals surface area contributed by atoms with Crippen LogP contribution in [0.15, 0.2) is 60.7 Å². The molecule has 0 unspecified atom stereocenters. The highest BCUT2D eigenvalue weighted by molar-refractivity contribution is 6.36. The smallest absolute Gasteiger partial charge is 0.243 e. The molecule has 6 heteroatoms. The maximum Gasteiger partial charge on any atom is 0.243 e. The predicted molar refractivity (Wildman–Crippen MR) is 144 cm³/mol. The van der Waals surface area contributed by atoms with Crippen molar-refractivity contribution in [2.45, 2.75) is 70.5 Å². The molecule has 0 aromatic heterocycles. The average molecular weight is 511 g/mol. The minimum absolute atomic E-state index is 0.0812. The molecule has 184 valence electrons. The van der Waals surface area contributed by atoms with E-state index in [9.17, 15) is 9.59 Å². The van der Waals surface area contributed by atoms with Gasteiger partial charge in [-0.3, -0.25) is 9.59 Å². The van der Waals surface area contributed by atoms with E-state index in [1.165, 1.54) is 0 Å². The molecule has 0 radical (unpaired) electrons. The fraction of sp³-hybridized carbons (Fsp3) is 0.379. The predicted octanol–water partition coefficient (Wildman–Crippen LogP) is 6.95. The number of hydrogen-bond donors (Lipinski definition) is 1. The van der Waals surface area contributed by atoms with Gasteiger partial charge in [-0.2, -0.15) is 0 Å². The number of rotatable bonds is 9. The van der Waals surface area contributed by atoms with Crippen LogP contribution >= 0.6 is 23.2 Å². The van der Waals surface area contributed by atoms with Crippen molar-refractivity contribution < 1.29 is 9.59 Å². The zero-order valence-corrected chi connectivity index (χ0v) is 21.6. The van der Waals surface area contributed by atoms with E-state index in [1.807, 2.05) is 25.1 Å². The molecular weight excluding hydrogens is 479 g/mol. The molecule has 0 spiro atoms. The van der Waals surface area contributed by atoms with Crippen LogP contribution < -0.4 is 5.32 Å². The van der Waals surface area contributed by atoms with Crippen molar-refractivity contribution in [3.63, 3.8) is 0 Å². The molecule has 4 rings (SSSR count). The van der Waals surface area contributed by atoms with Gasteiger partial charge < -0.3 is 10.2 Å². The number of carbonyl (C=O) groups is 2. The molecule has 3 aromatic rings. The van der Waals surface area contributed by atoms with E-state index in [0.29, 0.717) is 34.9 Å². The standard InChI is InChI=1S/C29H32Cl2N2O2/c1-2-27(29(35)32-22-12-4-5-13-22)33(19-24-25(30)15-8-16-26(24)31)28(34)18-17-21-11-7-10-20-9-3-6-14-23(20)21/h3,6-11,14-16,22,27H,2,4-5,12-13,17-19H2,1H3,(H,32,35)/t27-/m1/s1. The Morgan fingerprint density at radius 1 is 0.971 bits per heavy atom. The summed E-state index contributed by atoms with van der Waals surface area (Å²) in [6.07, 6.45) is 5.65. The van der Waals surface area contributed by atoms with Gasteiger partial charge in [-0.1, -0.05) is 91.5 Å². The maximum absolute atomic E-state index is 13.7. The van der Waals surface area contributed by atoms with Crippen molar-refractivity contribution in [3.8, 4) is 0 Å². The first-order chi connectivity index (χ1) is 17.0. The van der Waals surface area contributed by atoms with Crippen molar-refractivity contribution in [3.05, 3.63) is 81.8 Å². The first-order valence-corrected chi connectivity index (χ1v) is 13.2. The lowest BCUT2D eigenvalue weighted by atomic mass is 10.00. The van der Waals surface area contributed by atoms with Crippen molar-refractivity contribution >= 4 is 45.8 Å². The third-order valence-electron chi connectivity index (χ3n) is 6.97. The summed E-state index contributed by atoms with van der Waals surface area (Å²) in [4.78, 5) is 28.7. The van der Waals surface area contributed by atoms with Gasteiger partial charge in [0.1, 0.15) is 6.04 Å². The molecule has 2 amide bonds. The third-order valence-corrected chi connectivity index (χ3v) is 7.67. The Bertz CT molecular complexity index is 1160. The van der Waals surface area contributed by atoms with Gasteiger partial charge in [0.15, 0.2) is 0 Å². The number of hydrogen-bond acceptors (Lipinski definition) is 2. The summed E-state index contributed by atoms with van der Waals surface area (Å²) in [7, 11) is 0. The van der Waals surface area contributed by atoms with E-state index in [1.54, 1.807) is 23.1 Å². The highest BCUT2D eigenvalue weighted by Gasteiger charge is 2.31. The Balaban J connectivity index is 1.57. The zero-order valence-electron chi connectivity index (χ0n) is 20.1. The normalized spacial score (nSPS) is 14.7. The van der Waals surface area contributed by atoms with Gasteiger partial charge >= 0.3 is 0 Å². The van der Waals surface area contributed by atoms with Crippen LogP contribution in [0, 0.1) is 0 Å². The molecule has 0 aliphatic heterocycles. The van der Waals surface area contributed by atoms with Crippen LogP contribution in [0.25, 0.3) is 10.8 Å². The molecule has 1 aliphatic carbocycles. The van der Waals surface area contributed by atoms with Gasteiger partial charge in [0.05, 0.1) is 0 Å². The van der Waals surface area contributed by atoms with Crippen molar-refractivity contribution in [1.82, 2.24) is 10.2 Å². The molecule has 4 nitrogen and oxygen atoms in total. The Morgan fingerprint density at radius 3 is 2.34 bits per heavy atom. The molecule has 35 heavy (non-hydrogen) atoms. The summed E-state index contributed by atoms with van der Waals surface area (Å²) in [6.45, 7) is 2.14. The first kappa shape index (κ1) is 25.5. The van der Waals surface area contributed by atoms with E-state index in [2.05, 4.69) is 29.6 Å². The fourth-order valence-electron chi connectivity index (χ4n) is 5.04. The average Bonchev–Trinajstić information content (AvgIpc) is 3.37. The molecule has 1 atom stereocenters. The zero-order chi connectivity index (χ0) is 24.8. The molecule has 0 heterocycles. The summed E-state index contributed by atoms with van der Waals surface area (Å²) >= 11 is 12.9. The second-order valence-electron chi connectivity index (χ2n) is 9.27. The van der Waals surface area contributed by atoms with Gasteiger partial charge in [0.2, 0.25) is 11.8 Å². The summed E-state index contributed by atoms with van der Waals surface area (Å²) in [5.74, 6) is -0.177. The van der Waals surface area contributed by atoms with Crippen LogP contribution in [0.4, 0.5) is 0 Å². The monoisotopic (exact) mass is 510 g/mol. The quantitative estimate of drug-likeness (QED) is 0.338. The first-order valence-electron chi connectivity index (χ1n) is 12.5. The Hall–Kier alpha value is -2.56. The maximum atomic E-state index is 13.7. The van der Waals surface area contributed by atoms with Crippen molar-refractivity contribution in [1.29, 1.82) is 0 Å². The minimum Gasteiger partial charge on any atom is -0.352 e. The van der Waals surface area contributed by atoms with Crippen LogP contribution in [-0.4, -0.2) is 28.8 Å². The van der Waals surface area contributed by atoms with Crippen LogP contribution in [0.1, 0.15) is 56.6 Å². The van der Waals surface area contributed by atoms with Gasteiger partial charge in [0, 0.05) is 34.6 Å². The largest absolute Gasteiger partial charge is 0.352 e. The summed E-state index contributed by atoms with van der Waals surface area (Å²) in [5.41, 5.74) is 1.79. The lowest BCUT2D eigenvalue weighted by molar-refractivity contribution is -0.141. The second-order valence-corrected chi connectivity index (χ2v) is 10.1. The molecule has 1 saturated carbocycles. The van der Waals surface area contributed by atoms with Crippen LogP contribution in [-0.2, 0) is 22.6 Å². The molecule has 1 N–H and O–H groups in total. The van der Waals surface area contributed by atoms with Gasteiger partial charge in [-0.25, -0.2) is 0 Å². The summed E-state index contributed by atoms with van der Waals surface area (Å²) < 4.78 is 0. The molecule has 0 bridgehead atoms. The highest BCUT2D eigenvalue weighted by atomic mass is 35.5. The number of carbonyl (C=O) groups excluding carboxylic acids is 2. The minimum atomic E-state index is -0.581. The number of halogens is 2. The van der Waals surface area contributed by atoms with E-state index in [4.69, 9.17) is 23.2 Å². The van der Waals surface area contributed by atoms with Gasteiger partial charge in [0.25, 0.3) is 0 Å². The number of fused-ring (bicyclic) bond motifs is 1. The number of nitrogens with zero attached hydrogens (tertiary/aromatic N) is 1. The molecule has 0 saturated heterocycles. The van der Waals surface area contributed by atoms with Crippen LogP contribution in [0.2, 0.25) is 10.0 Å². The van der Waals surface area contributed by atoms with E-state index in [0.717, 1.165) is 42.0 Å². The van der Waals surface area contributed by atoms with E-state index in [-0.39, 0.29) is 24.4 Å². The second kappa shape index (κ2) is 11.9. The molecule has 1 fully saturated rings. The molecule has 1 aliphatic rings. The number of benzene rings is 3. The van der Waals surface area contributed by atoms with Crippen molar-refractivity contribution in [2.24, 2.45) is 0 Å². The van der Waals surface area contributed by atoms with Gasteiger partial charge in [-0.05, 0) is 54.2 Å². The lowest BCUT2D eigenvalue weighted by Gasteiger charge is -2.32. The third kappa shape index (κ3) is 6.17. The lowest BCUT2D eigenvalue weighted by Crippen LogP contribution is -2.51. The number of nitrogens with one attached hydrogen (secondary N) is 1. The fourth-order valence-corrected chi connectivity index (χ4v) is 5.55. The molecule has 3 aromatic carbocycles. The summed E-state index contributed by atoms with van der Waals surface area (Å²) in [5, 5.41) is 6.47. The van der Waals surface area contributed by atoms with Crippen molar-refractivity contribution in [2.75, 3.05) is 0 Å². The summed E-state index contributed by atoms with van der Waals surface area (Å²) in [6, 6.07) is 19.3. The highest BCUT2D eigenvalue weighted by Crippen LogP contribution is 2.28. The SMILES string of the molecule is CC[C@H](C(=O)NC1CCCC1)N(Cc1c(Cl)cccc1Cl)C(=O)CCc1cccc2ccccc12. The Kier molecular flexibility index (Phi) is 8.69. The topological polar surface area (TPSA) is 49.4 Å².